The minimum absolute atomic E-state index is 0.0849. The topological polar surface area (TPSA) is 12.0 Å². The second kappa shape index (κ2) is 4.82. The summed E-state index contributed by atoms with van der Waals surface area (Å²) < 4.78 is 38.2. The van der Waals surface area contributed by atoms with Crippen LogP contribution in [0.3, 0.4) is 0 Å². The summed E-state index contributed by atoms with van der Waals surface area (Å²) in [6, 6.07) is 6.36. The summed E-state index contributed by atoms with van der Waals surface area (Å²) in [6.07, 6.45) is 1.52. The summed E-state index contributed by atoms with van der Waals surface area (Å²) in [4.78, 5) is 0. The van der Waals surface area contributed by atoms with Crippen molar-refractivity contribution in [3.05, 3.63) is 35.4 Å². The number of benzene rings is 1. The van der Waals surface area contributed by atoms with Gasteiger partial charge in [0.1, 0.15) is 0 Å². The van der Waals surface area contributed by atoms with Crippen molar-refractivity contribution >= 4 is 0 Å². The van der Waals surface area contributed by atoms with Crippen molar-refractivity contribution < 1.29 is 13.2 Å². The average Bonchev–Trinajstić information content (AvgIpc) is 2.85. The summed E-state index contributed by atoms with van der Waals surface area (Å²) in [5, 5.41) is 3.54. The Labute approximate surface area is 111 Å². The van der Waals surface area contributed by atoms with E-state index in [0.717, 1.165) is 30.4 Å². The van der Waals surface area contributed by atoms with E-state index in [0.29, 0.717) is 6.04 Å². The number of hydrogen-bond donors (Lipinski definition) is 1. The molecule has 3 unspecified atom stereocenters. The smallest absolute Gasteiger partial charge is 0.307 e. The molecule has 1 saturated carbocycles. The Hall–Kier alpha value is -1.03. The van der Waals surface area contributed by atoms with Crippen molar-refractivity contribution in [1.29, 1.82) is 0 Å². The Morgan fingerprint density at radius 1 is 1.05 bits per heavy atom. The summed E-state index contributed by atoms with van der Waals surface area (Å²) in [5.74, 6) is 0.738. The number of hydrogen-bond acceptors (Lipinski definition) is 1. The fourth-order valence-electron chi connectivity index (χ4n) is 3.52. The normalized spacial score (nSPS) is 31.2. The number of alkyl halides is 3. The SMILES string of the molecule is FC(F)(F)c1cccc(C2CCC3CCCC3N2)c1. The highest BCUT2D eigenvalue weighted by Gasteiger charge is 2.35. The minimum atomic E-state index is -4.25. The van der Waals surface area contributed by atoms with Gasteiger partial charge in [0.2, 0.25) is 0 Å². The third kappa shape index (κ3) is 2.64. The van der Waals surface area contributed by atoms with E-state index in [-0.39, 0.29) is 6.04 Å². The first-order valence-corrected chi connectivity index (χ1v) is 6.97. The molecule has 0 bridgehead atoms. The molecule has 0 aromatic heterocycles. The summed E-state index contributed by atoms with van der Waals surface area (Å²) in [7, 11) is 0. The van der Waals surface area contributed by atoms with Crippen molar-refractivity contribution in [2.75, 3.05) is 0 Å². The van der Waals surface area contributed by atoms with Crippen LogP contribution in [-0.2, 0) is 6.18 Å². The first-order chi connectivity index (χ1) is 9.04. The third-order valence-electron chi connectivity index (χ3n) is 4.52. The zero-order valence-electron chi connectivity index (χ0n) is 10.7. The van der Waals surface area contributed by atoms with Crippen LogP contribution in [0.25, 0.3) is 0 Å². The molecule has 4 heteroatoms. The molecule has 2 fully saturated rings. The first-order valence-electron chi connectivity index (χ1n) is 6.97. The lowest BCUT2D eigenvalue weighted by Gasteiger charge is -2.34. The molecular formula is C15H18F3N. The van der Waals surface area contributed by atoms with Crippen molar-refractivity contribution in [2.45, 2.75) is 50.4 Å². The lowest BCUT2D eigenvalue weighted by atomic mass is 9.86. The van der Waals surface area contributed by atoms with Crippen LogP contribution in [0.5, 0.6) is 0 Å². The van der Waals surface area contributed by atoms with Gasteiger partial charge < -0.3 is 5.32 Å². The molecule has 1 saturated heterocycles. The van der Waals surface area contributed by atoms with E-state index >= 15 is 0 Å². The monoisotopic (exact) mass is 269 g/mol. The molecule has 19 heavy (non-hydrogen) atoms. The zero-order chi connectivity index (χ0) is 13.5. The Balaban J connectivity index is 1.79. The summed E-state index contributed by atoms with van der Waals surface area (Å²) in [5.41, 5.74) is 0.237. The van der Waals surface area contributed by atoms with Gasteiger partial charge in [-0.25, -0.2) is 0 Å². The van der Waals surface area contributed by atoms with E-state index in [9.17, 15) is 13.2 Å². The molecule has 104 valence electrons. The predicted molar refractivity (Wildman–Crippen MR) is 67.7 cm³/mol. The molecular weight excluding hydrogens is 251 g/mol. The highest BCUT2D eigenvalue weighted by atomic mass is 19.4. The van der Waals surface area contributed by atoms with Crippen molar-refractivity contribution in [3.8, 4) is 0 Å². The van der Waals surface area contributed by atoms with Gasteiger partial charge in [0.25, 0.3) is 0 Å². The fourth-order valence-corrected chi connectivity index (χ4v) is 3.52. The Morgan fingerprint density at radius 2 is 1.89 bits per heavy atom. The fraction of sp³-hybridized carbons (Fsp3) is 0.600. The van der Waals surface area contributed by atoms with Gasteiger partial charge in [-0.3, -0.25) is 0 Å². The van der Waals surface area contributed by atoms with Crippen LogP contribution >= 0.6 is 0 Å². The van der Waals surface area contributed by atoms with Crippen molar-refractivity contribution in [1.82, 2.24) is 5.32 Å². The van der Waals surface area contributed by atoms with E-state index in [2.05, 4.69) is 5.32 Å². The molecule has 1 aliphatic carbocycles. The highest BCUT2D eigenvalue weighted by molar-refractivity contribution is 5.28. The van der Waals surface area contributed by atoms with Gasteiger partial charge in [-0.2, -0.15) is 13.2 Å². The van der Waals surface area contributed by atoms with Gasteiger partial charge in [-0.15, -0.1) is 0 Å². The Morgan fingerprint density at radius 3 is 2.68 bits per heavy atom. The average molecular weight is 269 g/mol. The van der Waals surface area contributed by atoms with Crippen LogP contribution < -0.4 is 5.32 Å². The summed E-state index contributed by atoms with van der Waals surface area (Å²) in [6.45, 7) is 0. The lowest BCUT2D eigenvalue weighted by Crippen LogP contribution is -2.40. The van der Waals surface area contributed by atoms with E-state index in [4.69, 9.17) is 0 Å². The van der Waals surface area contributed by atoms with Gasteiger partial charge in [0, 0.05) is 12.1 Å². The number of rotatable bonds is 1. The zero-order valence-corrected chi connectivity index (χ0v) is 10.7. The molecule has 0 radical (unpaired) electrons. The van der Waals surface area contributed by atoms with Crippen molar-refractivity contribution in [2.24, 2.45) is 5.92 Å². The van der Waals surface area contributed by atoms with E-state index < -0.39 is 11.7 Å². The number of nitrogens with one attached hydrogen (secondary N) is 1. The number of fused-ring (bicyclic) bond motifs is 1. The molecule has 1 aromatic carbocycles. The maximum absolute atomic E-state index is 12.7. The Bertz CT molecular complexity index is 455. The van der Waals surface area contributed by atoms with Gasteiger partial charge in [0.15, 0.2) is 0 Å². The predicted octanol–water partition coefficient (Wildman–Crippen LogP) is 4.30. The lowest BCUT2D eigenvalue weighted by molar-refractivity contribution is -0.137. The van der Waals surface area contributed by atoms with E-state index in [1.54, 1.807) is 0 Å². The molecule has 1 aliphatic heterocycles. The largest absolute Gasteiger partial charge is 0.416 e. The van der Waals surface area contributed by atoms with Crippen LogP contribution in [0.2, 0.25) is 0 Å². The molecule has 0 spiro atoms. The van der Waals surface area contributed by atoms with Crippen LogP contribution in [-0.4, -0.2) is 6.04 Å². The van der Waals surface area contributed by atoms with Crippen LogP contribution in [0, 0.1) is 5.92 Å². The first kappa shape index (κ1) is 13.0. The van der Waals surface area contributed by atoms with E-state index in [1.165, 1.54) is 31.4 Å². The molecule has 1 aromatic rings. The third-order valence-corrected chi connectivity index (χ3v) is 4.52. The van der Waals surface area contributed by atoms with E-state index in [1.807, 2.05) is 6.07 Å². The van der Waals surface area contributed by atoms with Gasteiger partial charge in [0.05, 0.1) is 5.56 Å². The standard InChI is InChI=1S/C15H18F3N/c16-15(17,18)12-5-1-4-11(9-12)14-8-7-10-3-2-6-13(10)19-14/h1,4-5,9-10,13-14,19H,2-3,6-8H2. The van der Waals surface area contributed by atoms with Crippen LogP contribution in [0.15, 0.2) is 24.3 Å². The summed E-state index contributed by atoms with van der Waals surface area (Å²) >= 11 is 0. The Kier molecular flexibility index (Phi) is 3.29. The molecule has 1 N–H and O–H groups in total. The molecule has 3 rings (SSSR count). The van der Waals surface area contributed by atoms with Gasteiger partial charge >= 0.3 is 6.18 Å². The second-order valence-electron chi connectivity index (χ2n) is 5.72. The maximum atomic E-state index is 12.7. The number of halogens is 3. The minimum Gasteiger partial charge on any atom is -0.307 e. The molecule has 2 aliphatic rings. The molecule has 0 amide bonds. The highest BCUT2D eigenvalue weighted by Crippen LogP contribution is 2.39. The second-order valence-corrected chi connectivity index (χ2v) is 5.72. The van der Waals surface area contributed by atoms with Gasteiger partial charge in [-0.1, -0.05) is 18.6 Å². The quantitative estimate of drug-likeness (QED) is 0.801. The van der Waals surface area contributed by atoms with Crippen molar-refractivity contribution in [3.63, 3.8) is 0 Å². The maximum Gasteiger partial charge on any atom is 0.416 e. The van der Waals surface area contributed by atoms with Crippen LogP contribution in [0.4, 0.5) is 13.2 Å². The van der Waals surface area contributed by atoms with Gasteiger partial charge in [-0.05, 0) is 49.3 Å². The number of piperidine rings is 1. The molecule has 3 atom stereocenters. The van der Waals surface area contributed by atoms with Crippen LogP contribution in [0.1, 0.15) is 49.3 Å². The molecule has 1 nitrogen and oxygen atoms in total. The molecule has 1 heterocycles.